The van der Waals surface area contributed by atoms with Crippen LogP contribution in [0.3, 0.4) is 0 Å². The molecule has 0 fully saturated rings. The highest BCUT2D eigenvalue weighted by atomic mass is 35.5. The molecule has 1 atom stereocenters. The Morgan fingerprint density at radius 3 is 2.76 bits per heavy atom. The topological polar surface area (TPSA) is 105 Å². The summed E-state index contributed by atoms with van der Waals surface area (Å²) in [7, 11) is 0. The average Bonchev–Trinajstić information content (AvgIpc) is 2.89. The largest absolute Gasteiger partial charge is 0.480 e. The van der Waals surface area contributed by atoms with Gasteiger partial charge in [0.25, 0.3) is 6.47 Å². The first-order chi connectivity index (χ1) is 10.1. The summed E-state index contributed by atoms with van der Waals surface area (Å²) in [5.74, 6) is -0.598. The molecular weight excluding hydrogens is 296 g/mol. The van der Waals surface area contributed by atoms with Gasteiger partial charge in [0, 0.05) is 23.5 Å². The van der Waals surface area contributed by atoms with Crippen molar-refractivity contribution in [2.24, 2.45) is 5.73 Å². The van der Waals surface area contributed by atoms with Crippen molar-refractivity contribution >= 4 is 34.9 Å². The lowest BCUT2D eigenvalue weighted by atomic mass is 10.1. The van der Waals surface area contributed by atoms with Gasteiger partial charge in [0.1, 0.15) is 12.6 Å². The Kier molecular flexibility index (Phi) is 7.28. The fourth-order valence-electron chi connectivity index (χ4n) is 1.72. The summed E-state index contributed by atoms with van der Waals surface area (Å²) >= 11 is 5.10. The molecule has 6 nitrogen and oxygen atoms in total. The first-order valence-electron chi connectivity index (χ1n) is 6.24. The number of aromatic nitrogens is 1. The van der Waals surface area contributed by atoms with E-state index >= 15 is 0 Å². The summed E-state index contributed by atoms with van der Waals surface area (Å²) in [6, 6.07) is 6.91. The van der Waals surface area contributed by atoms with E-state index in [1.54, 1.807) is 0 Å². The molecular formula is C14H17ClN2O4. The number of carbonyl (C=O) groups is 2. The van der Waals surface area contributed by atoms with Gasteiger partial charge in [-0.1, -0.05) is 18.2 Å². The summed E-state index contributed by atoms with van der Waals surface area (Å²) in [6.07, 6.45) is 2.16. The zero-order valence-electron chi connectivity index (χ0n) is 11.3. The highest BCUT2D eigenvalue weighted by molar-refractivity contribution is 6.18. The molecule has 114 valence electrons. The zero-order valence-corrected chi connectivity index (χ0v) is 12.0. The first kappa shape index (κ1) is 17.0. The molecule has 0 saturated heterocycles. The van der Waals surface area contributed by atoms with Crippen LogP contribution in [0.15, 0.2) is 30.5 Å². The standard InChI is InChI=1S/C11H12N2O2.C3H5ClO2/c12-9(11(14)15)5-7-6-13-10-4-2-1-3-8(7)10;4-1-2-6-3-5/h1-4,6,9,13H,5,12H2,(H,14,15);3H,1-2H2. The number of benzene rings is 1. The number of nitrogens with one attached hydrogen (secondary N) is 1. The van der Waals surface area contributed by atoms with Crippen LogP contribution in [0.4, 0.5) is 0 Å². The molecule has 0 aliphatic rings. The van der Waals surface area contributed by atoms with Crippen LogP contribution in [0.1, 0.15) is 5.56 Å². The molecule has 1 heterocycles. The normalized spacial score (nSPS) is 11.3. The van der Waals surface area contributed by atoms with Gasteiger partial charge in [0.15, 0.2) is 0 Å². The Hall–Kier alpha value is -2.05. The molecule has 0 radical (unpaired) electrons. The van der Waals surface area contributed by atoms with Crippen LogP contribution in [0.5, 0.6) is 0 Å². The highest BCUT2D eigenvalue weighted by Gasteiger charge is 2.14. The molecule has 4 N–H and O–H groups in total. The summed E-state index contributed by atoms with van der Waals surface area (Å²) < 4.78 is 4.17. The Bertz CT molecular complexity index is 585. The Morgan fingerprint density at radius 1 is 1.48 bits per heavy atom. The van der Waals surface area contributed by atoms with Crippen LogP contribution in [-0.4, -0.2) is 41.1 Å². The summed E-state index contributed by atoms with van der Waals surface area (Å²) in [4.78, 5) is 23.0. The van der Waals surface area contributed by atoms with E-state index in [4.69, 9.17) is 22.4 Å². The van der Waals surface area contributed by atoms with Gasteiger partial charge >= 0.3 is 5.97 Å². The van der Waals surface area contributed by atoms with Crippen molar-refractivity contribution in [3.05, 3.63) is 36.0 Å². The third kappa shape index (κ3) is 5.45. The average molecular weight is 313 g/mol. The molecule has 7 heteroatoms. The number of carboxylic acids is 1. The minimum absolute atomic E-state index is 0.311. The number of para-hydroxylation sites is 1. The second-order valence-electron chi connectivity index (χ2n) is 4.16. The zero-order chi connectivity index (χ0) is 15.7. The lowest BCUT2D eigenvalue weighted by molar-refractivity contribution is -0.138. The predicted molar refractivity (Wildman–Crippen MR) is 80.3 cm³/mol. The van der Waals surface area contributed by atoms with Crippen molar-refractivity contribution in [3.8, 4) is 0 Å². The van der Waals surface area contributed by atoms with Crippen LogP contribution in [0.25, 0.3) is 10.9 Å². The second kappa shape index (κ2) is 8.99. The molecule has 1 aromatic carbocycles. The Balaban J connectivity index is 0.000000315. The number of ether oxygens (including phenoxy) is 1. The van der Waals surface area contributed by atoms with E-state index in [-0.39, 0.29) is 0 Å². The predicted octanol–water partition coefficient (Wildman–Crippen LogP) is 1.52. The summed E-state index contributed by atoms with van der Waals surface area (Å²) in [6.45, 7) is 0.688. The number of rotatable bonds is 6. The van der Waals surface area contributed by atoms with E-state index in [1.165, 1.54) is 0 Å². The van der Waals surface area contributed by atoms with Crippen LogP contribution in [-0.2, 0) is 20.7 Å². The SMILES string of the molecule is NC(Cc1c[nH]c2ccccc12)C(=O)O.O=COCCCl. The molecule has 1 aromatic heterocycles. The smallest absolute Gasteiger partial charge is 0.320 e. The number of H-pyrrole nitrogens is 1. The third-order valence-electron chi connectivity index (χ3n) is 2.69. The lowest BCUT2D eigenvalue weighted by Gasteiger charge is -2.04. The van der Waals surface area contributed by atoms with Crippen molar-refractivity contribution in [3.63, 3.8) is 0 Å². The number of hydrogen-bond donors (Lipinski definition) is 3. The van der Waals surface area contributed by atoms with Gasteiger partial charge in [-0.3, -0.25) is 9.59 Å². The Labute approximate surface area is 126 Å². The summed E-state index contributed by atoms with van der Waals surface area (Å²) in [5, 5.41) is 9.75. The molecule has 0 amide bonds. The molecule has 0 aliphatic carbocycles. The van der Waals surface area contributed by atoms with E-state index < -0.39 is 12.0 Å². The number of alkyl halides is 1. The number of nitrogens with two attached hydrogens (primary N) is 1. The first-order valence-corrected chi connectivity index (χ1v) is 6.78. The van der Waals surface area contributed by atoms with E-state index in [0.717, 1.165) is 16.5 Å². The number of halogens is 1. The van der Waals surface area contributed by atoms with E-state index in [0.29, 0.717) is 25.4 Å². The second-order valence-corrected chi connectivity index (χ2v) is 4.54. The van der Waals surface area contributed by atoms with Crippen molar-refractivity contribution in [2.45, 2.75) is 12.5 Å². The number of aromatic amines is 1. The van der Waals surface area contributed by atoms with Gasteiger partial charge < -0.3 is 20.6 Å². The minimum atomic E-state index is -0.972. The van der Waals surface area contributed by atoms with Crippen molar-refractivity contribution in [2.75, 3.05) is 12.5 Å². The van der Waals surface area contributed by atoms with Gasteiger partial charge in [0.05, 0.1) is 5.88 Å². The Morgan fingerprint density at radius 2 is 2.19 bits per heavy atom. The van der Waals surface area contributed by atoms with E-state index in [2.05, 4.69) is 9.72 Å². The van der Waals surface area contributed by atoms with Crippen LogP contribution in [0, 0.1) is 0 Å². The third-order valence-corrected chi connectivity index (χ3v) is 2.85. The molecule has 0 saturated carbocycles. The van der Waals surface area contributed by atoms with Gasteiger partial charge in [-0.2, -0.15) is 0 Å². The number of carbonyl (C=O) groups excluding carboxylic acids is 1. The van der Waals surface area contributed by atoms with Crippen molar-refractivity contribution < 1.29 is 19.4 Å². The fourth-order valence-corrected chi connectivity index (χ4v) is 1.81. The number of hydrogen-bond acceptors (Lipinski definition) is 4. The molecule has 0 bridgehead atoms. The van der Waals surface area contributed by atoms with Gasteiger partial charge in [-0.15, -0.1) is 11.6 Å². The van der Waals surface area contributed by atoms with Crippen LogP contribution in [0.2, 0.25) is 0 Å². The number of fused-ring (bicyclic) bond motifs is 1. The van der Waals surface area contributed by atoms with Gasteiger partial charge in [0.2, 0.25) is 0 Å². The lowest BCUT2D eigenvalue weighted by Crippen LogP contribution is -2.32. The summed E-state index contributed by atoms with van der Waals surface area (Å²) in [5.41, 5.74) is 7.43. The molecule has 0 spiro atoms. The molecule has 1 unspecified atom stereocenters. The quantitative estimate of drug-likeness (QED) is 0.426. The van der Waals surface area contributed by atoms with Crippen molar-refractivity contribution in [1.82, 2.24) is 4.98 Å². The van der Waals surface area contributed by atoms with Crippen molar-refractivity contribution in [1.29, 1.82) is 0 Å². The fraction of sp³-hybridized carbons (Fsp3) is 0.286. The maximum Gasteiger partial charge on any atom is 0.320 e. The highest BCUT2D eigenvalue weighted by Crippen LogP contribution is 2.18. The van der Waals surface area contributed by atoms with Crippen LogP contribution < -0.4 is 5.73 Å². The molecule has 2 rings (SSSR count). The number of aliphatic carboxylic acids is 1. The number of carboxylic acid groups (broad SMARTS) is 1. The molecule has 0 aliphatic heterocycles. The van der Waals surface area contributed by atoms with E-state index in [9.17, 15) is 9.59 Å². The minimum Gasteiger partial charge on any atom is -0.480 e. The van der Waals surface area contributed by atoms with Gasteiger partial charge in [-0.25, -0.2) is 0 Å². The maximum atomic E-state index is 10.6. The molecule has 2 aromatic rings. The van der Waals surface area contributed by atoms with Crippen LogP contribution >= 0.6 is 11.6 Å². The molecule has 21 heavy (non-hydrogen) atoms. The van der Waals surface area contributed by atoms with Gasteiger partial charge in [-0.05, 0) is 11.6 Å². The maximum absolute atomic E-state index is 10.6. The monoisotopic (exact) mass is 312 g/mol. The van der Waals surface area contributed by atoms with E-state index in [1.807, 2.05) is 30.5 Å².